The van der Waals surface area contributed by atoms with Crippen LogP contribution in [0.5, 0.6) is 0 Å². The van der Waals surface area contributed by atoms with Crippen molar-refractivity contribution in [2.24, 2.45) is 4.99 Å². The molecule has 138 valence electrons. The molecule has 0 amide bonds. The second-order valence-electron chi connectivity index (χ2n) is 5.45. The zero-order valence-electron chi connectivity index (χ0n) is 15.3. The minimum absolute atomic E-state index is 0.624. The van der Waals surface area contributed by atoms with E-state index in [1.165, 1.54) is 0 Å². The first-order valence-electron chi connectivity index (χ1n) is 8.39. The van der Waals surface area contributed by atoms with E-state index in [0.29, 0.717) is 32.9 Å². The van der Waals surface area contributed by atoms with E-state index in [-0.39, 0.29) is 0 Å². The van der Waals surface area contributed by atoms with Crippen LogP contribution in [0.3, 0.4) is 0 Å². The van der Waals surface area contributed by atoms with E-state index >= 15 is 0 Å². The Kier molecular flexibility index (Phi) is 11.2. The SMILES string of the molecule is CCCCOCCOCCNC(=NC)NCc1csc(N(C)C)n1. The van der Waals surface area contributed by atoms with Crippen molar-refractivity contribution < 1.29 is 9.47 Å². The molecule has 0 saturated carbocycles. The van der Waals surface area contributed by atoms with Crippen LogP contribution in [0.25, 0.3) is 0 Å². The highest BCUT2D eigenvalue weighted by atomic mass is 32.1. The molecule has 1 aromatic heterocycles. The number of guanidine groups is 1. The molecule has 0 bridgehead atoms. The monoisotopic (exact) mass is 357 g/mol. The van der Waals surface area contributed by atoms with Crippen molar-refractivity contribution in [1.82, 2.24) is 15.6 Å². The van der Waals surface area contributed by atoms with Crippen LogP contribution in [0.15, 0.2) is 10.4 Å². The predicted octanol–water partition coefficient (Wildman–Crippen LogP) is 1.71. The molecule has 24 heavy (non-hydrogen) atoms. The molecule has 0 unspecified atom stereocenters. The number of thiazole rings is 1. The second-order valence-corrected chi connectivity index (χ2v) is 6.28. The van der Waals surface area contributed by atoms with Crippen molar-refractivity contribution in [2.45, 2.75) is 26.3 Å². The van der Waals surface area contributed by atoms with E-state index in [0.717, 1.165) is 36.2 Å². The molecular formula is C16H31N5O2S. The van der Waals surface area contributed by atoms with Gasteiger partial charge in [-0.05, 0) is 6.42 Å². The summed E-state index contributed by atoms with van der Waals surface area (Å²) < 4.78 is 11.0. The lowest BCUT2D eigenvalue weighted by molar-refractivity contribution is 0.0487. The van der Waals surface area contributed by atoms with Gasteiger partial charge < -0.3 is 25.0 Å². The number of unbranched alkanes of at least 4 members (excludes halogenated alkanes) is 1. The van der Waals surface area contributed by atoms with Crippen LogP contribution in [0.2, 0.25) is 0 Å². The van der Waals surface area contributed by atoms with E-state index in [1.54, 1.807) is 18.4 Å². The maximum Gasteiger partial charge on any atom is 0.191 e. The summed E-state index contributed by atoms with van der Waals surface area (Å²) >= 11 is 1.63. The zero-order chi connectivity index (χ0) is 17.6. The normalized spacial score (nSPS) is 11.6. The second kappa shape index (κ2) is 13.0. The van der Waals surface area contributed by atoms with Gasteiger partial charge in [-0.25, -0.2) is 4.98 Å². The van der Waals surface area contributed by atoms with Gasteiger partial charge in [0.05, 0.1) is 32.1 Å². The van der Waals surface area contributed by atoms with Crippen LogP contribution in [0.1, 0.15) is 25.5 Å². The molecular weight excluding hydrogens is 326 g/mol. The Morgan fingerprint density at radius 2 is 1.96 bits per heavy atom. The molecule has 0 aromatic carbocycles. The van der Waals surface area contributed by atoms with Crippen molar-refractivity contribution >= 4 is 22.4 Å². The fraction of sp³-hybridized carbons (Fsp3) is 0.750. The summed E-state index contributed by atoms with van der Waals surface area (Å²) in [6.45, 7) is 6.24. The maximum atomic E-state index is 5.51. The molecule has 2 N–H and O–H groups in total. The first-order valence-corrected chi connectivity index (χ1v) is 9.27. The van der Waals surface area contributed by atoms with Gasteiger partial charge in [0.1, 0.15) is 0 Å². The molecule has 0 radical (unpaired) electrons. The number of hydrogen-bond acceptors (Lipinski definition) is 6. The van der Waals surface area contributed by atoms with Gasteiger partial charge in [-0.3, -0.25) is 4.99 Å². The van der Waals surface area contributed by atoms with Crippen LogP contribution in [-0.2, 0) is 16.0 Å². The fourth-order valence-electron chi connectivity index (χ4n) is 1.79. The fourth-order valence-corrected chi connectivity index (χ4v) is 2.55. The van der Waals surface area contributed by atoms with Crippen LogP contribution in [-0.4, -0.2) is 65.1 Å². The molecule has 1 heterocycles. The highest BCUT2D eigenvalue weighted by Gasteiger charge is 2.04. The van der Waals surface area contributed by atoms with Gasteiger partial charge in [-0.2, -0.15) is 0 Å². The standard InChI is InChI=1S/C16H31N5O2S/c1-5-6-8-22-10-11-23-9-7-18-15(17-2)19-12-14-13-24-16(20-14)21(3)4/h13H,5-12H2,1-4H3,(H2,17,18,19). The van der Waals surface area contributed by atoms with Gasteiger partial charge in [-0.1, -0.05) is 13.3 Å². The van der Waals surface area contributed by atoms with E-state index < -0.39 is 0 Å². The number of aliphatic imine (C=N–C) groups is 1. The van der Waals surface area contributed by atoms with E-state index in [4.69, 9.17) is 9.47 Å². The minimum Gasteiger partial charge on any atom is -0.379 e. The molecule has 0 aliphatic rings. The third-order valence-corrected chi connectivity index (χ3v) is 4.19. The van der Waals surface area contributed by atoms with E-state index in [1.807, 2.05) is 19.0 Å². The van der Waals surface area contributed by atoms with E-state index in [9.17, 15) is 0 Å². The summed E-state index contributed by atoms with van der Waals surface area (Å²) in [5.74, 6) is 0.747. The third kappa shape index (κ3) is 9.05. The molecule has 7 nitrogen and oxygen atoms in total. The number of rotatable bonds is 12. The number of anilines is 1. The summed E-state index contributed by atoms with van der Waals surface area (Å²) in [4.78, 5) is 10.7. The molecule has 0 spiro atoms. The Labute approximate surface area is 149 Å². The lowest BCUT2D eigenvalue weighted by Crippen LogP contribution is -2.38. The quantitative estimate of drug-likeness (QED) is 0.337. The molecule has 0 fully saturated rings. The maximum absolute atomic E-state index is 5.51. The van der Waals surface area contributed by atoms with Gasteiger partial charge in [0.25, 0.3) is 0 Å². The van der Waals surface area contributed by atoms with Crippen LogP contribution < -0.4 is 15.5 Å². The highest BCUT2D eigenvalue weighted by Crippen LogP contribution is 2.17. The number of aromatic nitrogens is 1. The van der Waals surface area contributed by atoms with Gasteiger partial charge in [0, 0.05) is 39.7 Å². The Balaban J connectivity index is 2.08. The topological polar surface area (TPSA) is 71.0 Å². The molecule has 0 atom stereocenters. The average molecular weight is 358 g/mol. The Bertz CT molecular complexity index is 465. The van der Waals surface area contributed by atoms with Crippen molar-refractivity contribution in [2.75, 3.05) is 59.0 Å². The predicted molar refractivity (Wildman–Crippen MR) is 101 cm³/mol. The number of ether oxygens (including phenoxy) is 2. The van der Waals surface area contributed by atoms with Gasteiger partial charge in [0.2, 0.25) is 0 Å². The lowest BCUT2D eigenvalue weighted by Gasteiger charge is -2.11. The van der Waals surface area contributed by atoms with Crippen molar-refractivity contribution in [3.63, 3.8) is 0 Å². The van der Waals surface area contributed by atoms with E-state index in [2.05, 4.69) is 32.9 Å². The third-order valence-electron chi connectivity index (χ3n) is 3.14. The molecule has 8 heteroatoms. The summed E-state index contributed by atoms with van der Waals surface area (Å²) in [6.07, 6.45) is 2.27. The molecule has 0 aliphatic carbocycles. The van der Waals surface area contributed by atoms with Gasteiger partial charge in [0.15, 0.2) is 11.1 Å². The van der Waals surface area contributed by atoms with Crippen molar-refractivity contribution in [3.05, 3.63) is 11.1 Å². The largest absolute Gasteiger partial charge is 0.379 e. The van der Waals surface area contributed by atoms with Crippen LogP contribution in [0, 0.1) is 0 Å². The van der Waals surface area contributed by atoms with Crippen molar-refractivity contribution in [1.29, 1.82) is 0 Å². The highest BCUT2D eigenvalue weighted by molar-refractivity contribution is 7.13. The summed E-state index contributed by atoms with van der Waals surface area (Å²) in [5, 5.41) is 9.52. The van der Waals surface area contributed by atoms with Gasteiger partial charge in [-0.15, -0.1) is 11.3 Å². The molecule has 0 aliphatic heterocycles. The summed E-state index contributed by atoms with van der Waals surface area (Å²) in [5.41, 5.74) is 1.01. The molecule has 0 saturated heterocycles. The number of nitrogens with one attached hydrogen (secondary N) is 2. The van der Waals surface area contributed by atoms with Crippen molar-refractivity contribution in [3.8, 4) is 0 Å². The molecule has 1 rings (SSSR count). The Morgan fingerprint density at radius 3 is 2.58 bits per heavy atom. The summed E-state index contributed by atoms with van der Waals surface area (Å²) in [6, 6.07) is 0. The van der Waals surface area contributed by atoms with Crippen LogP contribution in [0.4, 0.5) is 5.13 Å². The number of nitrogens with zero attached hydrogens (tertiary/aromatic N) is 3. The Morgan fingerprint density at radius 1 is 1.21 bits per heavy atom. The first kappa shape index (κ1) is 20.7. The molecule has 1 aromatic rings. The zero-order valence-corrected chi connectivity index (χ0v) is 16.1. The smallest absolute Gasteiger partial charge is 0.191 e. The van der Waals surface area contributed by atoms with Crippen LogP contribution >= 0.6 is 11.3 Å². The Hall–Kier alpha value is -1.38. The lowest BCUT2D eigenvalue weighted by atomic mass is 10.4. The minimum atomic E-state index is 0.624. The van der Waals surface area contributed by atoms with Gasteiger partial charge >= 0.3 is 0 Å². The summed E-state index contributed by atoms with van der Waals surface area (Å²) in [7, 11) is 5.74. The number of hydrogen-bond donors (Lipinski definition) is 2. The first-order chi connectivity index (χ1) is 11.7. The average Bonchev–Trinajstić information content (AvgIpc) is 3.05.